The molecule has 0 bridgehead atoms. The number of fused-ring (bicyclic) bond motifs is 1. The van der Waals surface area contributed by atoms with Crippen LogP contribution in [0.2, 0.25) is 0 Å². The maximum absolute atomic E-state index is 12.4. The van der Waals surface area contributed by atoms with Crippen molar-refractivity contribution in [2.75, 3.05) is 0 Å². The fourth-order valence-electron chi connectivity index (χ4n) is 1.45. The van der Waals surface area contributed by atoms with Crippen LogP contribution in [0.3, 0.4) is 0 Å². The zero-order valence-electron chi connectivity index (χ0n) is 7.93. The molecule has 2 rings (SSSR count). The molecule has 0 amide bonds. The molecule has 1 heterocycles. The number of nitro groups is 1. The molecule has 0 atom stereocenters. The number of alkyl halides is 2. The topological polar surface area (TPSA) is 56.0 Å². The number of nitro benzene ring substituents is 1. The molecule has 1 aromatic heterocycles. The van der Waals surface area contributed by atoms with Crippen LogP contribution in [0.1, 0.15) is 12.1 Å². The van der Waals surface area contributed by atoms with Gasteiger partial charge in [-0.05, 0) is 6.07 Å². The summed E-state index contributed by atoms with van der Waals surface area (Å²) in [7, 11) is 0. The summed E-state index contributed by atoms with van der Waals surface area (Å²) in [5.41, 5.74) is -0.649. The van der Waals surface area contributed by atoms with Gasteiger partial charge in [-0.1, -0.05) is 12.1 Å². The van der Waals surface area contributed by atoms with Crippen molar-refractivity contribution in [2.24, 2.45) is 0 Å². The van der Waals surface area contributed by atoms with Crippen LogP contribution < -0.4 is 0 Å². The van der Waals surface area contributed by atoms with Crippen LogP contribution >= 0.6 is 0 Å². The molecule has 16 heavy (non-hydrogen) atoms. The third-order valence-corrected chi connectivity index (χ3v) is 2.18. The molecule has 0 N–H and O–H groups in total. The number of nitrogens with zero attached hydrogens (tertiary/aromatic N) is 2. The van der Waals surface area contributed by atoms with Gasteiger partial charge < -0.3 is 0 Å². The quantitative estimate of drug-likeness (QED) is 0.581. The summed E-state index contributed by atoms with van der Waals surface area (Å²) in [5, 5.41) is 11.3. The minimum absolute atomic E-state index is 0.179. The number of aromatic nitrogens is 1. The van der Waals surface area contributed by atoms with Gasteiger partial charge >= 0.3 is 0 Å². The van der Waals surface area contributed by atoms with Crippen molar-refractivity contribution in [3.05, 3.63) is 46.3 Å². The maximum Gasteiger partial charge on any atom is 0.280 e. The largest absolute Gasteiger partial charge is 0.280 e. The van der Waals surface area contributed by atoms with E-state index in [2.05, 4.69) is 4.98 Å². The normalized spacial score (nSPS) is 10.9. The zero-order valence-corrected chi connectivity index (χ0v) is 7.93. The lowest BCUT2D eigenvalue weighted by Gasteiger charge is -2.02. The van der Waals surface area contributed by atoms with Gasteiger partial charge in [-0.25, -0.2) is 8.78 Å². The molecule has 82 valence electrons. The second-order valence-corrected chi connectivity index (χ2v) is 3.17. The number of pyridine rings is 1. The van der Waals surface area contributed by atoms with E-state index in [1.807, 2.05) is 0 Å². The monoisotopic (exact) mass is 224 g/mol. The third kappa shape index (κ3) is 1.69. The number of non-ortho nitro benzene ring substituents is 1. The SMILES string of the molecule is O=[N+]([O-])c1cccc2cnc(C(F)F)cc12. The lowest BCUT2D eigenvalue weighted by molar-refractivity contribution is -0.383. The maximum atomic E-state index is 12.4. The lowest BCUT2D eigenvalue weighted by Crippen LogP contribution is -1.93. The molecule has 0 radical (unpaired) electrons. The Morgan fingerprint density at radius 1 is 1.38 bits per heavy atom. The fourth-order valence-corrected chi connectivity index (χ4v) is 1.45. The fraction of sp³-hybridized carbons (Fsp3) is 0.100. The van der Waals surface area contributed by atoms with E-state index in [-0.39, 0.29) is 11.1 Å². The summed E-state index contributed by atoms with van der Waals surface area (Å²) in [5.74, 6) is 0. The highest BCUT2D eigenvalue weighted by molar-refractivity contribution is 5.90. The Balaban J connectivity index is 2.73. The van der Waals surface area contributed by atoms with Gasteiger partial charge in [0.25, 0.3) is 12.1 Å². The number of hydrogen-bond donors (Lipinski definition) is 0. The summed E-state index contributed by atoms with van der Waals surface area (Å²) in [4.78, 5) is 13.6. The molecular weight excluding hydrogens is 218 g/mol. The Labute approximate surface area is 88.7 Å². The van der Waals surface area contributed by atoms with Crippen LogP contribution in [0.5, 0.6) is 0 Å². The Kier molecular flexibility index (Phi) is 2.47. The first kappa shape index (κ1) is 10.4. The highest BCUT2D eigenvalue weighted by atomic mass is 19.3. The van der Waals surface area contributed by atoms with Crippen molar-refractivity contribution < 1.29 is 13.7 Å². The number of benzene rings is 1. The zero-order chi connectivity index (χ0) is 11.7. The molecule has 2 aromatic rings. The minimum Gasteiger partial charge on any atom is -0.258 e. The van der Waals surface area contributed by atoms with E-state index in [9.17, 15) is 18.9 Å². The van der Waals surface area contributed by atoms with E-state index >= 15 is 0 Å². The smallest absolute Gasteiger partial charge is 0.258 e. The molecule has 0 fully saturated rings. The van der Waals surface area contributed by atoms with Crippen molar-refractivity contribution in [1.82, 2.24) is 4.98 Å². The van der Waals surface area contributed by atoms with Crippen LogP contribution in [0.4, 0.5) is 14.5 Å². The number of halogens is 2. The average Bonchev–Trinajstić information content (AvgIpc) is 2.27. The van der Waals surface area contributed by atoms with Gasteiger partial charge in [0.05, 0.1) is 10.3 Å². The van der Waals surface area contributed by atoms with Gasteiger partial charge in [0.15, 0.2) is 0 Å². The Morgan fingerprint density at radius 2 is 2.12 bits per heavy atom. The van der Waals surface area contributed by atoms with E-state index < -0.39 is 17.0 Å². The standard InChI is InChI=1S/C10H6F2N2O2/c11-10(12)8-4-7-6(5-13-8)2-1-3-9(7)14(15)16/h1-5,10H. The molecular formula is C10H6F2N2O2. The molecule has 1 aromatic carbocycles. The summed E-state index contributed by atoms with van der Waals surface area (Å²) in [6, 6.07) is 5.41. The van der Waals surface area contributed by atoms with Crippen molar-refractivity contribution in [3.8, 4) is 0 Å². The summed E-state index contributed by atoms with van der Waals surface area (Å²) in [6.07, 6.45) is -1.52. The van der Waals surface area contributed by atoms with Gasteiger partial charge in [-0.2, -0.15) is 0 Å². The molecule has 0 aliphatic rings. The predicted molar refractivity (Wildman–Crippen MR) is 53.4 cm³/mol. The Bertz CT molecular complexity index is 558. The van der Waals surface area contributed by atoms with Gasteiger partial charge in [0.2, 0.25) is 0 Å². The van der Waals surface area contributed by atoms with Crippen molar-refractivity contribution in [2.45, 2.75) is 6.43 Å². The van der Waals surface area contributed by atoms with Crippen molar-refractivity contribution >= 4 is 16.5 Å². The molecule has 0 spiro atoms. The van der Waals surface area contributed by atoms with Gasteiger partial charge in [-0.15, -0.1) is 0 Å². The third-order valence-electron chi connectivity index (χ3n) is 2.18. The average molecular weight is 224 g/mol. The van der Waals surface area contributed by atoms with E-state index in [1.54, 1.807) is 6.07 Å². The van der Waals surface area contributed by atoms with Crippen LogP contribution in [-0.2, 0) is 0 Å². The van der Waals surface area contributed by atoms with Gasteiger partial charge in [0, 0.05) is 17.6 Å². The van der Waals surface area contributed by atoms with Gasteiger partial charge in [0.1, 0.15) is 5.69 Å². The highest BCUT2D eigenvalue weighted by Crippen LogP contribution is 2.27. The number of hydrogen-bond acceptors (Lipinski definition) is 3. The predicted octanol–water partition coefficient (Wildman–Crippen LogP) is 3.08. The van der Waals surface area contributed by atoms with Crippen LogP contribution in [0, 0.1) is 10.1 Å². The first-order valence-corrected chi connectivity index (χ1v) is 4.41. The minimum atomic E-state index is -2.73. The Morgan fingerprint density at radius 3 is 2.75 bits per heavy atom. The van der Waals surface area contributed by atoms with E-state index in [0.29, 0.717) is 5.39 Å². The molecule has 0 saturated heterocycles. The van der Waals surface area contributed by atoms with E-state index in [4.69, 9.17) is 0 Å². The van der Waals surface area contributed by atoms with Crippen molar-refractivity contribution in [1.29, 1.82) is 0 Å². The molecule has 0 unspecified atom stereocenters. The molecule has 4 nitrogen and oxygen atoms in total. The molecule has 6 heteroatoms. The van der Waals surface area contributed by atoms with E-state index in [0.717, 1.165) is 6.07 Å². The van der Waals surface area contributed by atoms with Crippen LogP contribution in [0.25, 0.3) is 10.8 Å². The summed E-state index contributed by atoms with van der Waals surface area (Å²) < 4.78 is 24.8. The molecule has 0 aliphatic heterocycles. The second kappa shape index (κ2) is 3.80. The molecule has 0 aliphatic carbocycles. The lowest BCUT2D eigenvalue weighted by atomic mass is 10.1. The van der Waals surface area contributed by atoms with Crippen LogP contribution in [0.15, 0.2) is 30.5 Å². The van der Waals surface area contributed by atoms with Crippen LogP contribution in [-0.4, -0.2) is 9.91 Å². The van der Waals surface area contributed by atoms with E-state index in [1.165, 1.54) is 18.3 Å². The van der Waals surface area contributed by atoms with Crippen molar-refractivity contribution in [3.63, 3.8) is 0 Å². The first-order chi connectivity index (χ1) is 7.59. The first-order valence-electron chi connectivity index (χ1n) is 4.41. The highest BCUT2D eigenvalue weighted by Gasteiger charge is 2.15. The Hall–Kier alpha value is -2.11. The summed E-state index contributed by atoms with van der Waals surface area (Å²) in [6.45, 7) is 0. The molecule has 0 saturated carbocycles. The second-order valence-electron chi connectivity index (χ2n) is 3.17. The summed E-state index contributed by atoms with van der Waals surface area (Å²) >= 11 is 0. The van der Waals surface area contributed by atoms with Gasteiger partial charge in [-0.3, -0.25) is 15.1 Å². The number of rotatable bonds is 2.